The second-order valence-electron chi connectivity index (χ2n) is 4.23. The van der Waals surface area contributed by atoms with Crippen LogP contribution >= 0.6 is 0 Å². The Balaban J connectivity index is 1.81. The van der Waals surface area contributed by atoms with E-state index in [1.807, 2.05) is 7.05 Å². The molecule has 1 aromatic rings. The third kappa shape index (κ3) is 2.97. The molecule has 0 radical (unpaired) electrons. The fourth-order valence-electron chi connectivity index (χ4n) is 1.83. The summed E-state index contributed by atoms with van der Waals surface area (Å²) in [6.45, 7) is 2.58. The Morgan fingerprint density at radius 2 is 2.17 bits per heavy atom. The summed E-state index contributed by atoms with van der Waals surface area (Å²) in [5.41, 5.74) is 1.21. The first-order valence-electron chi connectivity index (χ1n) is 5.89. The Hall–Kier alpha value is -2.11. The number of likely N-dealkylation sites (N-methyl/N-ethyl adjacent to an activating group) is 1. The van der Waals surface area contributed by atoms with Crippen molar-refractivity contribution in [1.29, 1.82) is 0 Å². The second-order valence-corrected chi connectivity index (χ2v) is 4.23. The molecule has 1 aliphatic heterocycles. The minimum atomic E-state index is -0.385. The Morgan fingerprint density at radius 1 is 1.44 bits per heavy atom. The van der Waals surface area contributed by atoms with Crippen LogP contribution in [0.3, 0.4) is 0 Å². The Kier molecular flexibility index (Phi) is 3.76. The molecule has 0 spiro atoms. The molecule has 0 unspecified atom stereocenters. The van der Waals surface area contributed by atoms with Crippen molar-refractivity contribution in [1.82, 2.24) is 10.2 Å². The molecule has 2 rings (SSSR count). The molecular formula is C12H16N4O2. The molecule has 96 valence electrons. The first kappa shape index (κ1) is 12.3. The number of nitrogens with zero attached hydrogens (tertiary/aromatic N) is 3. The normalized spacial score (nSPS) is 14.5. The van der Waals surface area contributed by atoms with E-state index in [4.69, 9.17) is 0 Å². The highest BCUT2D eigenvalue weighted by Gasteiger charge is 2.11. The summed E-state index contributed by atoms with van der Waals surface area (Å²) >= 11 is 0. The van der Waals surface area contributed by atoms with Crippen LogP contribution in [0.4, 0.5) is 5.69 Å². The van der Waals surface area contributed by atoms with Crippen LogP contribution < -0.4 is 5.32 Å². The Labute approximate surface area is 105 Å². The molecule has 1 aromatic carbocycles. The van der Waals surface area contributed by atoms with Gasteiger partial charge >= 0.3 is 0 Å². The molecular weight excluding hydrogens is 232 g/mol. The second kappa shape index (κ2) is 5.48. The standard InChI is InChI=1S/C12H16N4O2/c1-15-9-8-14-12(15)13-7-6-10-2-4-11(5-3-10)16(17)18/h2-5H,6-9H2,1H3,(H,13,14). The minimum absolute atomic E-state index is 0.131. The van der Waals surface area contributed by atoms with Crippen molar-refractivity contribution in [2.45, 2.75) is 6.42 Å². The maximum absolute atomic E-state index is 10.5. The van der Waals surface area contributed by atoms with Gasteiger partial charge in [-0.2, -0.15) is 0 Å². The number of rotatable bonds is 4. The maximum atomic E-state index is 10.5. The lowest BCUT2D eigenvalue weighted by atomic mass is 10.1. The van der Waals surface area contributed by atoms with E-state index < -0.39 is 0 Å². The van der Waals surface area contributed by atoms with Gasteiger partial charge in [0.2, 0.25) is 0 Å². The van der Waals surface area contributed by atoms with Crippen LogP contribution in [0.25, 0.3) is 0 Å². The van der Waals surface area contributed by atoms with Gasteiger partial charge in [0.1, 0.15) is 0 Å². The summed E-state index contributed by atoms with van der Waals surface area (Å²) in [7, 11) is 2.00. The first-order chi connectivity index (χ1) is 8.66. The van der Waals surface area contributed by atoms with Gasteiger partial charge in [-0.15, -0.1) is 0 Å². The zero-order valence-electron chi connectivity index (χ0n) is 10.3. The summed E-state index contributed by atoms with van der Waals surface area (Å²) < 4.78 is 0. The van der Waals surface area contributed by atoms with Gasteiger partial charge in [-0.25, -0.2) is 0 Å². The van der Waals surface area contributed by atoms with E-state index in [0.717, 1.165) is 37.6 Å². The molecule has 18 heavy (non-hydrogen) atoms. The predicted octanol–water partition coefficient (Wildman–Crippen LogP) is 1.03. The molecule has 0 atom stereocenters. The van der Waals surface area contributed by atoms with Crippen molar-refractivity contribution in [3.05, 3.63) is 39.9 Å². The summed E-state index contributed by atoms with van der Waals surface area (Å²) in [6, 6.07) is 6.66. The van der Waals surface area contributed by atoms with Crippen LogP contribution in [-0.2, 0) is 6.42 Å². The predicted molar refractivity (Wildman–Crippen MR) is 69.7 cm³/mol. The lowest BCUT2D eigenvalue weighted by Crippen LogP contribution is -2.36. The molecule has 0 aliphatic carbocycles. The number of hydrogen-bond donors (Lipinski definition) is 1. The van der Waals surface area contributed by atoms with Crippen LogP contribution in [-0.4, -0.2) is 42.5 Å². The third-order valence-electron chi connectivity index (χ3n) is 2.90. The van der Waals surface area contributed by atoms with Crippen molar-refractivity contribution in [3.63, 3.8) is 0 Å². The highest BCUT2D eigenvalue weighted by atomic mass is 16.6. The van der Waals surface area contributed by atoms with E-state index in [0.29, 0.717) is 0 Å². The highest BCUT2D eigenvalue weighted by molar-refractivity contribution is 5.81. The molecule has 1 heterocycles. The molecule has 1 aliphatic rings. The molecule has 0 saturated heterocycles. The smallest absolute Gasteiger partial charge is 0.269 e. The van der Waals surface area contributed by atoms with Gasteiger partial charge in [0, 0.05) is 32.3 Å². The Morgan fingerprint density at radius 3 is 2.72 bits per heavy atom. The fourth-order valence-corrected chi connectivity index (χ4v) is 1.83. The zero-order chi connectivity index (χ0) is 13.0. The summed E-state index contributed by atoms with van der Waals surface area (Å²) in [5.74, 6) is 0.928. The zero-order valence-corrected chi connectivity index (χ0v) is 10.3. The molecule has 0 bridgehead atoms. The molecule has 0 amide bonds. The summed E-state index contributed by atoms with van der Waals surface area (Å²) in [5, 5.41) is 13.8. The van der Waals surface area contributed by atoms with Crippen LogP contribution in [0.5, 0.6) is 0 Å². The molecule has 1 N–H and O–H groups in total. The van der Waals surface area contributed by atoms with E-state index in [1.165, 1.54) is 12.1 Å². The minimum Gasteiger partial charge on any atom is -0.356 e. The van der Waals surface area contributed by atoms with Crippen molar-refractivity contribution in [2.75, 3.05) is 26.7 Å². The molecule has 0 aromatic heterocycles. The lowest BCUT2D eigenvalue weighted by Gasteiger charge is -2.14. The van der Waals surface area contributed by atoms with Crippen molar-refractivity contribution < 1.29 is 4.92 Å². The van der Waals surface area contributed by atoms with E-state index in [9.17, 15) is 10.1 Å². The number of hydrogen-bond acceptors (Lipinski definition) is 5. The van der Waals surface area contributed by atoms with E-state index in [2.05, 4.69) is 15.2 Å². The summed E-state index contributed by atoms with van der Waals surface area (Å²) in [6.07, 6.45) is 0.824. The number of benzene rings is 1. The van der Waals surface area contributed by atoms with Crippen LogP contribution in [0.2, 0.25) is 0 Å². The topological polar surface area (TPSA) is 70.8 Å². The molecule has 6 heteroatoms. The Bertz CT molecular complexity index is 456. The van der Waals surface area contributed by atoms with Crippen molar-refractivity contribution in [2.24, 2.45) is 4.99 Å². The number of nitro benzene ring substituents is 1. The van der Waals surface area contributed by atoms with Crippen LogP contribution in [0, 0.1) is 10.1 Å². The lowest BCUT2D eigenvalue weighted by molar-refractivity contribution is -0.384. The van der Waals surface area contributed by atoms with Gasteiger partial charge in [-0.3, -0.25) is 15.1 Å². The highest BCUT2D eigenvalue weighted by Crippen LogP contribution is 2.11. The SMILES string of the molecule is CN1CCN=C1NCCc1ccc([N+](=O)[O-])cc1. The fraction of sp³-hybridized carbons (Fsp3) is 0.417. The van der Waals surface area contributed by atoms with Gasteiger partial charge in [0.05, 0.1) is 11.5 Å². The van der Waals surface area contributed by atoms with Crippen molar-refractivity contribution >= 4 is 11.6 Å². The third-order valence-corrected chi connectivity index (χ3v) is 2.90. The van der Waals surface area contributed by atoms with E-state index in [1.54, 1.807) is 12.1 Å². The first-order valence-corrected chi connectivity index (χ1v) is 5.89. The van der Waals surface area contributed by atoms with Crippen LogP contribution in [0.1, 0.15) is 5.56 Å². The average Bonchev–Trinajstić information content (AvgIpc) is 2.76. The van der Waals surface area contributed by atoms with Crippen LogP contribution in [0.15, 0.2) is 29.3 Å². The van der Waals surface area contributed by atoms with E-state index >= 15 is 0 Å². The number of guanidine groups is 1. The maximum Gasteiger partial charge on any atom is 0.269 e. The molecule has 6 nitrogen and oxygen atoms in total. The monoisotopic (exact) mass is 248 g/mol. The molecule has 0 fully saturated rings. The quantitative estimate of drug-likeness (QED) is 0.638. The average molecular weight is 248 g/mol. The largest absolute Gasteiger partial charge is 0.356 e. The molecule has 0 saturated carbocycles. The van der Waals surface area contributed by atoms with E-state index in [-0.39, 0.29) is 10.6 Å². The van der Waals surface area contributed by atoms with Crippen molar-refractivity contribution in [3.8, 4) is 0 Å². The van der Waals surface area contributed by atoms with Gasteiger partial charge in [0.25, 0.3) is 5.69 Å². The van der Waals surface area contributed by atoms with Gasteiger partial charge in [0.15, 0.2) is 5.96 Å². The van der Waals surface area contributed by atoms with Gasteiger partial charge in [-0.1, -0.05) is 12.1 Å². The summed E-state index contributed by atoms with van der Waals surface area (Å²) in [4.78, 5) is 16.5. The van der Waals surface area contributed by atoms with Gasteiger partial charge in [-0.05, 0) is 12.0 Å². The number of nitrogens with one attached hydrogen (secondary N) is 1. The van der Waals surface area contributed by atoms with Gasteiger partial charge < -0.3 is 10.2 Å². The number of nitro groups is 1. The number of aliphatic imine (C=N–C) groups is 1. The number of non-ortho nitro benzene ring substituents is 1.